The zero-order valence-electron chi connectivity index (χ0n) is 16.1. The number of aryl methyl sites for hydroxylation is 1. The van der Waals surface area contributed by atoms with Crippen molar-refractivity contribution in [2.45, 2.75) is 13.1 Å². The van der Waals surface area contributed by atoms with Gasteiger partial charge < -0.3 is 0 Å². The predicted octanol–water partition coefficient (Wildman–Crippen LogP) is 5.91. The van der Waals surface area contributed by atoms with E-state index in [-0.39, 0.29) is 11.3 Å². The molecule has 0 unspecified atom stereocenters. The maximum atomic E-state index is 13.3. The molecular formula is C22H14F3N5S. The Morgan fingerprint density at radius 1 is 0.935 bits per heavy atom. The molecule has 0 radical (unpaired) electrons. The highest BCUT2D eigenvalue weighted by Crippen LogP contribution is 2.35. The van der Waals surface area contributed by atoms with E-state index in [1.54, 1.807) is 17.8 Å². The second kappa shape index (κ2) is 7.28. The number of imidazole rings is 1. The highest BCUT2D eigenvalue weighted by molar-refractivity contribution is 7.07. The molecule has 0 N–H and O–H groups in total. The molecule has 1 aromatic carbocycles. The molecule has 5 aromatic rings. The molecule has 5 rings (SSSR count). The second-order valence-corrected chi connectivity index (χ2v) is 7.67. The van der Waals surface area contributed by atoms with E-state index in [1.807, 2.05) is 30.5 Å². The first-order valence-electron chi connectivity index (χ1n) is 9.29. The van der Waals surface area contributed by atoms with E-state index in [0.717, 1.165) is 28.6 Å². The average molecular weight is 437 g/mol. The quantitative estimate of drug-likeness (QED) is 0.352. The van der Waals surface area contributed by atoms with Crippen LogP contribution in [0, 0.1) is 6.92 Å². The number of nitrogens with zero attached hydrogens (tertiary/aromatic N) is 5. The van der Waals surface area contributed by atoms with Crippen LogP contribution < -0.4 is 0 Å². The number of hydrogen-bond acceptors (Lipinski definition) is 5. The molecule has 0 fully saturated rings. The molecule has 4 aromatic heterocycles. The highest BCUT2D eigenvalue weighted by Gasteiger charge is 2.35. The first-order chi connectivity index (χ1) is 14.9. The smallest absolute Gasteiger partial charge is 0.251 e. The number of thiazole rings is 1. The van der Waals surface area contributed by atoms with Gasteiger partial charge in [0.1, 0.15) is 0 Å². The Morgan fingerprint density at radius 2 is 1.81 bits per heavy atom. The van der Waals surface area contributed by atoms with Crippen molar-refractivity contribution in [1.82, 2.24) is 24.6 Å². The predicted molar refractivity (Wildman–Crippen MR) is 113 cm³/mol. The summed E-state index contributed by atoms with van der Waals surface area (Å²) in [7, 11) is 0. The molecule has 154 valence electrons. The summed E-state index contributed by atoms with van der Waals surface area (Å²) in [6.07, 6.45) is -1.74. The second-order valence-electron chi connectivity index (χ2n) is 6.95. The molecule has 0 saturated heterocycles. The van der Waals surface area contributed by atoms with Gasteiger partial charge in [-0.25, -0.2) is 14.5 Å². The SMILES string of the molecule is Cc1ccc(-c2cn3nc(-c4cccnc4C(F)(F)F)ccc3n2)cc1-c1cscn1. The summed E-state index contributed by atoms with van der Waals surface area (Å²) < 4.78 is 41.5. The Morgan fingerprint density at radius 3 is 2.58 bits per heavy atom. The molecular weight excluding hydrogens is 423 g/mol. The van der Waals surface area contributed by atoms with Crippen molar-refractivity contribution >= 4 is 17.0 Å². The Hall–Kier alpha value is -3.59. The molecule has 4 heterocycles. The number of aromatic nitrogens is 5. The van der Waals surface area contributed by atoms with Gasteiger partial charge in [-0.2, -0.15) is 18.3 Å². The fraction of sp³-hybridized carbons (Fsp3) is 0.0909. The maximum Gasteiger partial charge on any atom is 0.434 e. The topological polar surface area (TPSA) is 56.0 Å². The summed E-state index contributed by atoms with van der Waals surface area (Å²) in [5.41, 5.74) is 5.99. The lowest BCUT2D eigenvalue weighted by atomic mass is 10.0. The summed E-state index contributed by atoms with van der Waals surface area (Å²) in [5.74, 6) is 0. The van der Waals surface area contributed by atoms with Crippen molar-refractivity contribution < 1.29 is 13.2 Å². The largest absolute Gasteiger partial charge is 0.434 e. The first kappa shape index (κ1) is 19.4. The fourth-order valence-corrected chi connectivity index (χ4v) is 3.96. The van der Waals surface area contributed by atoms with Crippen molar-refractivity contribution in [2.75, 3.05) is 0 Å². The number of fused-ring (bicyclic) bond motifs is 1. The third-order valence-corrected chi connectivity index (χ3v) is 5.50. The van der Waals surface area contributed by atoms with Gasteiger partial charge in [0.15, 0.2) is 11.3 Å². The molecule has 0 aliphatic heterocycles. The van der Waals surface area contributed by atoms with Gasteiger partial charge in [-0.1, -0.05) is 12.1 Å². The van der Waals surface area contributed by atoms with Gasteiger partial charge >= 0.3 is 6.18 Å². The van der Waals surface area contributed by atoms with Crippen LogP contribution in [-0.2, 0) is 6.18 Å². The van der Waals surface area contributed by atoms with E-state index in [0.29, 0.717) is 11.3 Å². The molecule has 0 spiro atoms. The Labute approximate surface area is 178 Å². The molecule has 0 aliphatic carbocycles. The van der Waals surface area contributed by atoms with Gasteiger partial charge in [0.25, 0.3) is 0 Å². The van der Waals surface area contributed by atoms with Crippen LogP contribution in [0.4, 0.5) is 13.2 Å². The van der Waals surface area contributed by atoms with Crippen LogP contribution in [0.25, 0.3) is 39.4 Å². The number of hydrogen-bond donors (Lipinski definition) is 0. The van der Waals surface area contributed by atoms with E-state index >= 15 is 0 Å². The average Bonchev–Trinajstić information content (AvgIpc) is 3.43. The number of rotatable bonds is 3. The Balaban J connectivity index is 1.59. The minimum atomic E-state index is -4.57. The summed E-state index contributed by atoms with van der Waals surface area (Å²) in [6.45, 7) is 2.02. The van der Waals surface area contributed by atoms with E-state index in [4.69, 9.17) is 0 Å². The Kier molecular flexibility index (Phi) is 4.55. The Bertz CT molecular complexity index is 1390. The molecule has 0 atom stereocenters. The van der Waals surface area contributed by atoms with Gasteiger partial charge in [0, 0.05) is 28.3 Å². The van der Waals surface area contributed by atoms with Crippen molar-refractivity contribution in [3.05, 3.63) is 77.0 Å². The molecule has 9 heteroatoms. The lowest BCUT2D eigenvalue weighted by Crippen LogP contribution is -2.10. The molecule has 0 amide bonds. The molecule has 0 aliphatic rings. The highest BCUT2D eigenvalue weighted by atomic mass is 32.1. The molecule has 31 heavy (non-hydrogen) atoms. The number of pyridine rings is 1. The lowest BCUT2D eigenvalue weighted by Gasteiger charge is -2.10. The number of benzene rings is 1. The van der Waals surface area contributed by atoms with Gasteiger partial charge in [-0.05, 0) is 42.8 Å². The standard InChI is InChI=1S/C22H14F3N5S/c1-13-4-5-14(9-16(13)19-11-31-12-27-19)18-10-30-20(28-18)7-6-17(29-30)15-3-2-8-26-21(15)22(23,24)25/h2-12H,1H3. The molecule has 0 bridgehead atoms. The summed E-state index contributed by atoms with van der Waals surface area (Å²) in [4.78, 5) is 12.5. The normalized spacial score (nSPS) is 11.9. The maximum absolute atomic E-state index is 13.3. The van der Waals surface area contributed by atoms with Gasteiger partial charge in [-0.15, -0.1) is 11.3 Å². The van der Waals surface area contributed by atoms with Gasteiger partial charge in [0.05, 0.1) is 28.8 Å². The molecule has 5 nitrogen and oxygen atoms in total. The van der Waals surface area contributed by atoms with Crippen molar-refractivity contribution in [3.63, 3.8) is 0 Å². The zero-order chi connectivity index (χ0) is 21.6. The minimum Gasteiger partial charge on any atom is -0.251 e. The van der Waals surface area contributed by atoms with Crippen LogP contribution >= 0.6 is 11.3 Å². The van der Waals surface area contributed by atoms with Crippen molar-refractivity contribution in [1.29, 1.82) is 0 Å². The van der Waals surface area contributed by atoms with E-state index < -0.39 is 11.9 Å². The minimum absolute atomic E-state index is 0.0756. The van der Waals surface area contributed by atoms with E-state index in [1.165, 1.54) is 34.1 Å². The number of alkyl halides is 3. The summed E-state index contributed by atoms with van der Waals surface area (Å²) in [5, 5.41) is 6.34. The monoisotopic (exact) mass is 437 g/mol. The third-order valence-electron chi connectivity index (χ3n) is 4.91. The lowest BCUT2D eigenvalue weighted by molar-refractivity contribution is -0.140. The van der Waals surface area contributed by atoms with Crippen LogP contribution in [-0.4, -0.2) is 24.6 Å². The third kappa shape index (κ3) is 3.57. The van der Waals surface area contributed by atoms with E-state index in [2.05, 4.69) is 20.1 Å². The zero-order valence-corrected chi connectivity index (χ0v) is 16.9. The van der Waals surface area contributed by atoms with Gasteiger partial charge in [0.2, 0.25) is 0 Å². The first-order valence-corrected chi connectivity index (χ1v) is 10.2. The van der Waals surface area contributed by atoms with E-state index in [9.17, 15) is 13.2 Å². The fourth-order valence-electron chi connectivity index (χ4n) is 3.41. The van der Waals surface area contributed by atoms with Gasteiger partial charge in [-0.3, -0.25) is 4.98 Å². The van der Waals surface area contributed by atoms with Crippen LogP contribution in [0.2, 0.25) is 0 Å². The van der Waals surface area contributed by atoms with Crippen LogP contribution in [0.3, 0.4) is 0 Å². The molecule has 0 saturated carbocycles. The number of halogens is 3. The van der Waals surface area contributed by atoms with Crippen LogP contribution in [0.1, 0.15) is 11.3 Å². The van der Waals surface area contributed by atoms with Crippen molar-refractivity contribution in [2.24, 2.45) is 0 Å². The summed E-state index contributed by atoms with van der Waals surface area (Å²) in [6, 6.07) is 12.0. The van der Waals surface area contributed by atoms with Crippen molar-refractivity contribution in [3.8, 4) is 33.8 Å². The summed E-state index contributed by atoms with van der Waals surface area (Å²) >= 11 is 1.52. The van der Waals surface area contributed by atoms with Crippen LogP contribution in [0.5, 0.6) is 0 Å². The van der Waals surface area contributed by atoms with Crippen LogP contribution in [0.15, 0.2) is 65.7 Å².